The molecule has 1 aliphatic rings. The van der Waals surface area contributed by atoms with Crippen LogP contribution in [0.1, 0.15) is 18.5 Å². The highest BCUT2D eigenvalue weighted by Crippen LogP contribution is 2.21. The van der Waals surface area contributed by atoms with Crippen molar-refractivity contribution in [1.29, 1.82) is 0 Å². The molecule has 7 nitrogen and oxygen atoms in total. The Hall–Kier alpha value is -1.41. The second kappa shape index (κ2) is 4.93. The lowest BCUT2D eigenvalue weighted by molar-refractivity contribution is -0.121. The van der Waals surface area contributed by atoms with Gasteiger partial charge < -0.3 is 0 Å². The van der Waals surface area contributed by atoms with E-state index in [0.717, 1.165) is 18.4 Å². The van der Waals surface area contributed by atoms with Crippen LogP contribution in [0, 0.1) is 6.92 Å². The Morgan fingerprint density at radius 1 is 1.47 bits per heavy atom. The van der Waals surface area contributed by atoms with Crippen molar-refractivity contribution in [1.82, 2.24) is 14.5 Å². The van der Waals surface area contributed by atoms with Crippen molar-refractivity contribution in [3.63, 3.8) is 0 Å². The summed E-state index contributed by atoms with van der Waals surface area (Å²) in [4.78, 5) is 13.9. The van der Waals surface area contributed by atoms with Gasteiger partial charge in [-0.25, -0.2) is 13.1 Å². The first kappa shape index (κ1) is 14.0. The van der Waals surface area contributed by atoms with E-state index in [1.807, 2.05) is 13.0 Å². The first-order valence-corrected chi connectivity index (χ1v) is 7.96. The summed E-state index contributed by atoms with van der Waals surface area (Å²) in [5.41, 5.74) is 0.823. The van der Waals surface area contributed by atoms with Gasteiger partial charge in [0.05, 0.1) is 11.9 Å². The summed E-state index contributed by atoms with van der Waals surface area (Å²) in [5, 5.41) is 4.20. The van der Waals surface area contributed by atoms with Crippen LogP contribution in [0.5, 0.6) is 0 Å². The van der Waals surface area contributed by atoms with Crippen LogP contribution < -0.4 is 9.62 Å². The van der Waals surface area contributed by atoms with Crippen LogP contribution in [-0.4, -0.2) is 42.9 Å². The van der Waals surface area contributed by atoms with Crippen LogP contribution in [0.25, 0.3) is 0 Å². The Morgan fingerprint density at radius 2 is 2.16 bits per heavy atom. The number of aromatic nitrogens is 2. The van der Waals surface area contributed by atoms with Crippen LogP contribution in [0.4, 0.5) is 5.82 Å². The third-order valence-corrected chi connectivity index (χ3v) is 3.76. The first-order valence-electron chi connectivity index (χ1n) is 6.07. The third kappa shape index (κ3) is 3.13. The maximum atomic E-state index is 12.3. The van der Waals surface area contributed by atoms with Crippen LogP contribution in [0.2, 0.25) is 0 Å². The molecule has 0 aliphatic carbocycles. The smallest absolute Gasteiger partial charge is 0.246 e. The van der Waals surface area contributed by atoms with E-state index < -0.39 is 16.1 Å². The van der Waals surface area contributed by atoms with Gasteiger partial charge in [0.15, 0.2) is 0 Å². The van der Waals surface area contributed by atoms with Crippen molar-refractivity contribution < 1.29 is 13.2 Å². The van der Waals surface area contributed by atoms with E-state index >= 15 is 0 Å². The number of nitrogens with zero attached hydrogens (tertiary/aromatic N) is 3. The molecule has 1 N–H and O–H groups in total. The van der Waals surface area contributed by atoms with E-state index in [1.165, 1.54) is 0 Å². The zero-order chi connectivity index (χ0) is 14.2. The van der Waals surface area contributed by atoms with Crippen molar-refractivity contribution in [2.24, 2.45) is 7.05 Å². The summed E-state index contributed by atoms with van der Waals surface area (Å²) in [7, 11) is -1.62. The molecule has 1 saturated heterocycles. The van der Waals surface area contributed by atoms with E-state index in [0.29, 0.717) is 18.8 Å². The van der Waals surface area contributed by atoms with Crippen LogP contribution in [-0.2, 0) is 21.9 Å². The molecule has 1 aromatic heterocycles. The van der Waals surface area contributed by atoms with Gasteiger partial charge in [-0.2, -0.15) is 5.10 Å². The number of amides is 1. The largest absolute Gasteiger partial charge is 0.296 e. The number of aryl methyl sites for hydroxylation is 2. The quantitative estimate of drug-likeness (QED) is 0.832. The van der Waals surface area contributed by atoms with Gasteiger partial charge in [0.2, 0.25) is 15.9 Å². The lowest BCUT2D eigenvalue weighted by Crippen LogP contribution is -2.52. The topological polar surface area (TPSA) is 84.3 Å². The van der Waals surface area contributed by atoms with Crippen molar-refractivity contribution in [2.75, 3.05) is 17.7 Å². The number of piperidine rings is 1. The molecule has 1 fully saturated rings. The minimum atomic E-state index is -3.39. The second-order valence-electron chi connectivity index (χ2n) is 4.84. The molecule has 0 spiro atoms. The summed E-state index contributed by atoms with van der Waals surface area (Å²) in [6, 6.07) is 1.14. The minimum Gasteiger partial charge on any atom is -0.296 e. The number of hydrogen-bond acceptors (Lipinski definition) is 4. The van der Waals surface area contributed by atoms with Crippen molar-refractivity contribution in [3.05, 3.63) is 11.8 Å². The maximum Gasteiger partial charge on any atom is 0.246 e. The van der Waals surface area contributed by atoms with E-state index in [4.69, 9.17) is 0 Å². The zero-order valence-electron chi connectivity index (χ0n) is 11.3. The summed E-state index contributed by atoms with van der Waals surface area (Å²) >= 11 is 0. The van der Waals surface area contributed by atoms with Crippen LogP contribution in [0.15, 0.2) is 6.07 Å². The van der Waals surface area contributed by atoms with Crippen molar-refractivity contribution in [2.45, 2.75) is 25.8 Å². The predicted molar refractivity (Wildman–Crippen MR) is 71.3 cm³/mol. The van der Waals surface area contributed by atoms with Gasteiger partial charge in [-0.15, -0.1) is 0 Å². The molecule has 2 rings (SSSR count). The fourth-order valence-electron chi connectivity index (χ4n) is 2.32. The monoisotopic (exact) mass is 286 g/mol. The number of hydrogen-bond donors (Lipinski definition) is 1. The summed E-state index contributed by atoms with van der Waals surface area (Å²) < 4.78 is 26.5. The Labute approximate surface area is 112 Å². The number of nitrogens with one attached hydrogen (secondary N) is 1. The number of anilines is 1. The summed E-state index contributed by atoms with van der Waals surface area (Å²) in [5.74, 6) is 0.474. The molecular formula is C11H18N4O3S. The number of carbonyl (C=O) groups is 1. The van der Waals surface area contributed by atoms with Gasteiger partial charge in [-0.05, 0) is 19.8 Å². The Balaban J connectivity index is 2.23. The average Bonchev–Trinajstić information content (AvgIpc) is 2.59. The molecule has 1 amide bonds. The third-order valence-electron chi connectivity index (χ3n) is 3.05. The molecule has 8 heteroatoms. The predicted octanol–water partition coefficient (Wildman–Crippen LogP) is -0.227. The molecule has 0 unspecified atom stereocenters. The molecule has 1 atom stereocenters. The van der Waals surface area contributed by atoms with Gasteiger partial charge in [0.25, 0.3) is 0 Å². The lowest BCUT2D eigenvalue weighted by Gasteiger charge is -2.31. The van der Waals surface area contributed by atoms with E-state index in [2.05, 4.69) is 9.82 Å². The number of sulfonamides is 1. The lowest BCUT2D eigenvalue weighted by atomic mass is 10.1. The molecule has 2 heterocycles. The highest BCUT2D eigenvalue weighted by atomic mass is 32.2. The highest BCUT2D eigenvalue weighted by Gasteiger charge is 2.32. The average molecular weight is 286 g/mol. The molecule has 0 saturated carbocycles. The zero-order valence-corrected chi connectivity index (χ0v) is 12.1. The molecule has 106 valence electrons. The Kier molecular flexibility index (Phi) is 3.64. The maximum absolute atomic E-state index is 12.3. The Bertz CT molecular complexity index is 593. The van der Waals surface area contributed by atoms with Gasteiger partial charge in [0, 0.05) is 19.7 Å². The molecule has 0 radical (unpaired) electrons. The van der Waals surface area contributed by atoms with Crippen molar-refractivity contribution in [3.8, 4) is 0 Å². The number of rotatable bonds is 3. The Morgan fingerprint density at radius 3 is 2.68 bits per heavy atom. The first-order chi connectivity index (χ1) is 8.78. The SMILES string of the molecule is Cc1cc(N2CCC[C@@H](NS(C)(=O)=O)C2=O)n(C)n1. The van der Waals surface area contributed by atoms with Crippen LogP contribution in [0.3, 0.4) is 0 Å². The normalized spacial score (nSPS) is 20.9. The molecule has 1 aromatic rings. The van der Waals surface area contributed by atoms with Gasteiger partial charge in [0.1, 0.15) is 11.9 Å². The molecule has 19 heavy (non-hydrogen) atoms. The number of carbonyl (C=O) groups excluding carboxylic acids is 1. The fourth-order valence-corrected chi connectivity index (χ4v) is 3.06. The van der Waals surface area contributed by atoms with E-state index in [-0.39, 0.29) is 5.91 Å². The molecule has 1 aliphatic heterocycles. The van der Waals surface area contributed by atoms with Crippen LogP contribution >= 0.6 is 0 Å². The fraction of sp³-hybridized carbons (Fsp3) is 0.636. The molecule has 0 bridgehead atoms. The van der Waals surface area contributed by atoms with Gasteiger partial charge in [-0.1, -0.05) is 0 Å². The van der Waals surface area contributed by atoms with Gasteiger partial charge in [-0.3, -0.25) is 14.4 Å². The van der Waals surface area contributed by atoms with Crippen molar-refractivity contribution >= 4 is 21.7 Å². The second-order valence-corrected chi connectivity index (χ2v) is 6.62. The van der Waals surface area contributed by atoms with Gasteiger partial charge >= 0.3 is 0 Å². The molecular weight excluding hydrogens is 268 g/mol. The summed E-state index contributed by atoms with van der Waals surface area (Å²) in [6.45, 7) is 2.43. The highest BCUT2D eigenvalue weighted by molar-refractivity contribution is 7.88. The standard InChI is InChI=1S/C11H18N4O3S/c1-8-7-10(14(2)12-8)15-6-4-5-9(11(15)16)13-19(3,17)18/h7,9,13H,4-6H2,1-3H3/t9-/m1/s1. The van der Waals surface area contributed by atoms with E-state index in [1.54, 1.807) is 16.6 Å². The minimum absolute atomic E-state index is 0.223. The van der Waals surface area contributed by atoms with E-state index in [9.17, 15) is 13.2 Å². The summed E-state index contributed by atoms with van der Waals surface area (Å²) in [6.07, 6.45) is 2.34. The molecule has 0 aromatic carbocycles.